The maximum absolute atomic E-state index is 12.0. The Labute approximate surface area is 142 Å². The molecule has 0 aliphatic carbocycles. The molecular formula is C17H25ClN2O3. The van der Waals surface area contributed by atoms with Crippen molar-refractivity contribution in [1.29, 1.82) is 0 Å². The van der Waals surface area contributed by atoms with E-state index in [1.807, 2.05) is 6.92 Å². The van der Waals surface area contributed by atoms with Gasteiger partial charge in [-0.25, -0.2) is 4.79 Å². The average Bonchev–Trinajstić information content (AvgIpc) is 3.03. The molecule has 1 aliphatic heterocycles. The van der Waals surface area contributed by atoms with Crippen molar-refractivity contribution in [3.8, 4) is 5.75 Å². The van der Waals surface area contributed by atoms with Gasteiger partial charge in [-0.2, -0.15) is 0 Å². The number of hydrogen-bond donors (Lipinski definition) is 2. The Bertz CT molecular complexity index is 531. The number of rotatable bonds is 7. The number of unbranched alkanes of at least 4 members (excludes halogenated alkanes) is 1. The summed E-state index contributed by atoms with van der Waals surface area (Å²) in [5.41, 5.74) is 1.51. The van der Waals surface area contributed by atoms with Crippen LogP contribution in [0.4, 0.5) is 10.5 Å². The second-order valence-corrected chi connectivity index (χ2v) is 6.22. The number of aryl methyl sites for hydroxylation is 1. The van der Waals surface area contributed by atoms with Gasteiger partial charge in [-0.15, -0.1) is 0 Å². The second kappa shape index (κ2) is 8.99. The van der Waals surface area contributed by atoms with Crippen molar-refractivity contribution in [3.63, 3.8) is 0 Å². The van der Waals surface area contributed by atoms with Crippen molar-refractivity contribution < 1.29 is 14.3 Å². The minimum atomic E-state index is -0.234. The number of carbonyl (C=O) groups excluding carboxylic acids is 1. The standard InChI is InChI=1S/C17H25ClN2O3/c1-12-10-15(16(22-2)11-14(12)18)20-17(21)19-8-4-3-6-13-7-5-9-23-13/h10-11,13H,3-9H2,1-2H3,(H2,19,20,21)/t13-/m1/s1. The molecule has 128 valence electrons. The Morgan fingerprint density at radius 3 is 2.96 bits per heavy atom. The van der Waals surface area contributed by atoms with Gasteiger partial charge < -0.3 is 20.1 Å². The van der Waals surface area contributed by atoms with Gasteiger partial charge in [0.15, 0.2) is 0 Å². The molecule has 1 aliphatic rings. The predicted molar refractivity (Wildman–Crippen MR) is 92.6 cm³/mol. The Balaban J connectivity index is 1.71. The summed E-state index contributed by atoms with van der Waals surface area (Å²) in [6.45, 7) is 3.43. The number of benzene rings is 1. The largest absolute Gasteiger partial charge is 0.495 e. The van der Waals surface area contributed by atoms with Gasteiger partial charge in [0.05, 0.1) is 18.9 Å². The van der Waals surface area contributed by atoms with Crippen molar-refractivity contribution in [1.82, 2.24) is 5.32 Å². The number of hydrogen-bond acceptors (Lipinski definition) is 3. The van der Waals surface area contributed by atoms with Gasteiger partial charge in [0.25, 0.3) is 0 Å². The first-order valence-electron chi connectivity index (χ1n) is 8.10. The molecule has 1 saturated heterocycles. The molecule has 2 amide bonds. The highest BCUT2D eigenvalue weighted by atomic mass is 35.5. The molecule has 23 heavy (non-hydrogen) atoms. The first-order valence-corrected chi connectivity index (χ1v) is 8.48. The van der Waals surface area contributed by atoms with E-state index < -0.39 is 0 Å². The lowest BCUT2D eigenvalue weighted by atomic mass is 10.1. The summed E-state index contributed by atoms with van der Waals surface area (Å²) in [6, 6.07) is 3.27. The van der Waals surface area contributed by atoms with Crippen LogP contribution in [-0.4, -0.2) is 32.4 Å². The van der Waals surface area contributed by atoms with Crippen LogP contribution in [0.1, 0.15) is 37.7 Å². The van der Waals surface area contributed by atoms with Crippen molar-refractivity contribution in [2.24, 2.45) is 0 Å². The number of anilines is 1. The van der Waals surface area contributed by atoms with Crippen LogP contribution >= 0.6 is 11.6 Å². The normalized spacial score (nSPS) is 17.1. The van der Waals surface area contributed by atoms with E-state index in [2.05, 4.69) is 10.6 Å². The number of halogens is 1. The quantitative estimate of drug-likeness (QED) is 0.734. The highest BCUT2D eigenvalue weighted by molar-refractivity contribution is 6.31. The molecule has 0 spiro atoms. The number of methoxy groups -OCH3 is 1. The number of carbonyl (C=O) groups is 1. The topological polar surface area (TPSA) is 59.6 Å². The molecule has 1 aromatic rings. The van der Waals surface area contributed by atoms with Gasteiger partial charge in [-0.3, -0.25) is 0 Å². The summed E-state index contributed by atoms with van der Waals surface area (Å²) in [5, 5.41) is 6.28. The fourth-order valence-electron chi connectivity index (χ4n) is 2.67. The van der Waals surface area contributed by atoms with Crippen LogP contribution in [0, 0.1) is 6.92 Å². The fraction of sp³-hybridized carbons (Fsp3) is 0.588. The Hall–Kier alpha value is -1.46. The zero-order chi connectivity index (χ0) is 16.7. The number of nitrogens with one attached hydrogen (secondary N) is 2. The zero-order valence-corrected chi connectivity index (χ0v) is 14.5. The summed E-state index contributed by atoms with van der Waals surface area (Å²) in [7, 11) is 1.55. The van der Waals surface area contributed by atoms with Crippen LogP contribution in [0.5, 0.6) is 5.75 Å². The maximum atomic E-state index is 12.0. The second-order valence-electron chi connectivity index (χ2n) is 5.81. The monoisotopic (exact) mass is 340 g/mol. The van der Waals surface area contributed by atoms with E-state index in [-0.39, 0.29) is 6.03 Å². The smallest absolute Gasteiger partial charge is 0.319 e. The van der Waals surface area contributed by atoms with Gasteiger partial charge in [0, 0.05) is 24.2 Å². The van der Waals surface area contributed by atoms with Crippen molar-refractivity contribution in [2.75, 3.05) is 25.6 Å². The molecule has 1 aromatic carbocycles. The third kappa shape index (κ3) is 5.59. The summed E-state index contributed by atoms with van der Waals surface area (Å²) >= 11 is 6.05. The van der Waals surface area contributed by atoms with Crippen LogP contribution in [0.15, 0.2) is 12.1 Å². The van der Waals surface area contributed by atoms with Crippen LogP contribution < -0.4 is 15.4 Å². The predicted octanol–water partition coefficient (Wildman–Crippen LogP) is 4.13. The van der Waals surface area contributed by atoms with Crippen molar-refractivity contribution >= 4 is 23.3 Å². The molecule has 6 heteroatoms. The first-order chi connectivity index (χ1) is 11.1. The van der Waals surface area contributed by atoms with Gasteiger partial charge in [0.1, 0.15) is 5.75 Å². The Kier molecular flexibility index (Phi) is 6.99. The lowest BCUT2D eigenvalue weighted by Crippen LogP contribution is -2.29. The van der Waals surface area contributed by atoms with E-state index >= 15 is 0 Å². The van der Waals surface area contributed by atoms with E-state index in [4.69, 9.17) is 21.1 Å². The zero-order valence-electron chi connectivity index (χ0n) is 13.8. The third-order valence-corrected chi connectivity index (χ3v) is 4.40. The molecule has 0 bridgehead atoms. The van der Waals surface area contributed by atoms with Crippen LogP contribution in [0.2, 0.25) is 5.02 Å². The number of ether oxygens (including phenoxy) is 2. The molecule has 0 aromatic heterocycles. The highest BCUT2D eigenvalue weighted by Crippen LogP contribution is 2.30. The van der Waals surface area contributed by atoms with Crippen molar-refractivity contribution in [3.05, 3.63) is 22.7 Å². The molecular weight excluding hydrogens is 316 g/mol. The van der Waals surface area contributed by atoms with E-state index in [0.29, 0.717) is 29.1 Å². The third-order valence-electron chi connectivity index (χ3n) is 3.99. The Morgan fingerprint density at radius 1 is 1.43 bits per heavy atom. The average molecular weight is 341 g/mol. The van der Waals surface area contributed by atoms with Crippen LogP contribution in [0.3, 0.4) is 0 Å². The summed E-state index contributed by atoms with van der Waals surface area (Å²) in [6.07, 6.45) is 5.86. The van der Waals surface area contributed by atoms with Crippen LogP contribution in [-0.2, 0) is 4.74 Å². The van der Waals surface area contributed by atoms with Crippen LogP contribution in [0.25, 0.3) is 0 Å². The molecule has 0 unspecified atom stereocenters. The Morgan fingerprint density at radius 2 is 2.26 bits per heavy atom. The van der Waals surface area contributed by atoms with Gasteiger partial charge in [-0.1, -0.05) is 11.6 Å². The molecule has 2 N–H and O–H groups in total. The van der Waals surface area contributed by atoms with E-state index in [1.165, 1.54) is 12.8 Å². The fourth-order valence-corrected chi connectivity index (χ4v) is 2.82. The number of urea groups is 1. The minimum Gasteiger partial charge on any atom is -0.495 e. The first kappa shape index (κ1) is 17.9. The molecule has 0 saturated carbocycles. The van der Waals surface area contributed by atoms with E-state index in [9.17, 15) is 4.79 Å². The highest BCUT2D eigenvalue weighted by Gasteiger charge is 2.14. The summed E-state index contributed by atoms with van der Waals surface area (Å²) in [5.74, 6) is 0.550. The SMILES string of the molecule is COc1cc(Cl)c(C)cc1NC(=O)NCCCC[C@@H]1CCCO1. The molecule has 5 nitrogen and oxygen atoms in total. The van der Waals surface area contributed by atoms with Gasteiger partial charge >= 0.3 is 6.03 Å². The van der Waals surface area contributed by atoms with Crippen molar-refractivity contribution in [2.45, 2.75) is 45.1 Å². The maximum Gasteiger partial charge on any atom is 0.319 e. The summed E-state index contributed by atoms with van der Waals surface area (Å²) in [4.78, 5) is 12.0. The molecule has 2 rings (SSSR count). The van der Waals surface area contributed by atoms with Gasteiger partial charge in [0.2, 0.25) is 0 Å². The molecule has 1 heterocycles. The molecule has 1 fully saturated rings. The van der Waals surface area contributed by atoms with E-state index in [1.54, 1.807) is 19.2 Å². The molecule has 0 radical (unpaired) electrons. The lowest BCUT2D eigenvalue weighted by molar-refractivity contribution is 0.102. The molecule has 1 atom stereocenters. The lowest BCUT2D eigenvalue weighted by Gasteiger charge is -2.13. The summed E-state index contributed by atoms with van der Waals surface area (Å²) < 4.78 is 10.8. The van der Waals surface area contributed by atoms with Gasteiger partial charge in [-0.05, 0) is 50.7 Å². The minimum absolute atomic E-state index is 0.234. The van der Waals surface area contributed by atoms with E-state index in [0.717, 1.165) is 31.4 Å². The number of amides is 2.